The number of nitrogens with one attached hydrogen (secondary N) is 1. The first-order chi connectivity index (χ1) is 12.4. The van der Waals surface area contributed by atoms with Crippen LogP contribution < -0.4 is 5.32 Å². The van der Waals surface area contributed by atoms with Gasteiger partial charge in [-0.05, 0) is 38.4 Å². The standard InChI is InChI=1S/C18H26N4O3S/c1-19-14-7-5-12-22(13-14)17(23)10-6-11-21(2)18-15-8-3-4-9-16(15)26(24,25)20-18/h3-4,8-9,14,19H,5-7,10-13H2,1-2H3. The quantitative estimate of drug-likeness (QED) is 0.828. The summed E-state index contributed by atoms with van der Waals surface area (Å²) < 4.78 is 28.2. The largest absolute Gasteiger partial charge is 0.358 e. The van der Waals surface area contributed by atoms with Crippen LogP contribution in [0.5, 0.6) is 0 Å². The molecule has 0 aromatic heterocycles. The summed E-state index contributed by atoms with van der Waals surface area (Å²) in [4.78, 5) is 16.4. The molecule has 3 rings (SSSR count). The molecular formula is C18H26N4O3S. The summed E-state index contributed by atoms with van der Waals surface area (Å²) in [7, 11) is 0.147. The lowest BCUT2D eigenvalue weighted by atomic mass is 10.1. The minimum absolute atomic E-state index is 0.166. The molecule has 1 aromatic rings. The number of sulfonamides is 1. The highest BCUT2D eigenvalue weighted by molar-refractivity contribution is 7.90. The normalized spacial score (nSPS) is 21.2. The van der Waals surface area contributed by atoms with Gasteiger partial charge in [-0.25, -0.2) is 0 Å². The lowest BCUT2D eigenvalue weighted by Crippen LogP contribution is -2.47. The van der Waals surface area contributed by atoms with Crippen molar-refractivity contribution in [3.8, 4) is 0 Å². The monoisotopic (exact) mass is 378 g/mol. The molecule has 26 heavy (non-hydrogen) atoms. The number of hydrogen-bond donors (Lipinski definition) is 1. The molecule has 0 bridgehead atoms. The molecule has 7 nitrogen and oxygen atoms in total. The van der Waals surface area contributed by atoms with Crippen LogP contribution in [0.25, 0.3) is 0 Å². The zero-order chi connectivity index (χ0) is 18.7. The van der Waals surface area contributed by atoms with E-state index in [4.69, 9.17) is 0 Å². The Morgan fingerprint density at radius 3 is 2.92 bits per heavy atom. The maximum atomic E-state index is 12.4. The summed E-state index contributed by atoms with van der Waals surface area (Å²) in [6, 6.07) is 7.23. The summed E-state index contributed by atoms with van der Waals surface area (Å²) in [6.07, 6.45) is 3.26. The van der Waals surface area contributed by atoms with E-state index in [-0.39, 0.29) is 10.8 Å². The van der Waals surface area contributed by atoms with Gasteiger partial charge in [0.1, 0.15) is 10.7 Å². The summed E-state index contributed by atoms with van der Waals surface area (Å²) >= 11 is 0. The second kappa shape index (κ2) is 7.75. The average molecular weight is 378 g/mol. The SMILES string of the molecule is CNC1CCCN(C(=O)CCCN(C)C2=NS(=O)(=O)c3ccccc32)C1. The summed E-state index contributed by atoms with van der Waals surface area (Å²) in [5.74, 6) is 0.626. The molecule has 0 saturated carbocycles. The third kappa shape index (κ3) is 3.91. The second-order valence-corrected chi connectivity index (χ2v) is 8.45. The van der Waals surface area contributed by atoms with E-state index in [9.17, 15) is 13.2 Å². The Kier molecular flexibility index (Phi) is 5.62. The molecule has 1 atom stereocenters. The van der Waals surface area contributed by atoms with Crippen molar-refractivity contribution in [2.24, 2.45) is 4.40 Å². The van der Waals surface area contributed by atoms with Crippen molar-refractivity contribution in [2.45, 2.75) is 36.6 Å². The maximum absolute atomic E-state index is 12.4. The number of fused-ring (bicyclic) bond motifs is 1. The number of amidine groups is 1. The van der Waals surface area contributed by atoms with Crippen molar-refractivity contribution >= 4 is 21.8 Å². The smallest absolute Gasteiger partial charge is 0.285 e. The highest BCUT2D eigenvalue weighted by Crippen LogP contribution is 2.27. The molecule has 1 N–H and O–H groups in total. The van der Waals surface area contributed by atoms with Crippen molar-refractivity contribution in [1.29, 1.82) is 0 Å². The Morgan fingerprint density at radius 1 is 1.38 bits per heavy atom. The topological polar surface area (TPSA) is 82.1 Å². The molecule has 2 aliphatic heterocycles. The summed E-state index contributed by atoms with van der Waals surface area (Å²) in [5, 5.41) is 3.24. The second-order valence-electron chi connectivity index (χ2n) is 6.88. The molecular weight excluding hydrogens is 352 g/mol. The van der Waals surface area contributed by atoms with Crippen LogP contribution in [0.15, 0.2) is 33.6 Å². The van der Waals surface area contributed by atoms with Gasteiger partial charge in [0.2, 0.25) is 5.91 Å². The fourth-order valence-electron chi connectivity index (χ4n) is 3.53. The first kappa shape index (κ1) is 18.8. The number of hydrogen-bond acceptors (Lipinski definition) is 5. The van der Waals surface area contributed by atoms with E-state index in [1.165, 1.54) is 0 Å². The molecule has 1 unspecified atom stereocenters. The van der Waals surface area contributed by atoms with E-state index in [0.29, 0.717) is 36.8 Å². The van der Waals surface area contributed by atoms with Crippen LogP contribution in [0.1, 0.15) is 31.2 Å². The number of amides is 1. The van der Waals surface area contributed by atoms with Crippen LogP contribution in [0.4, 0.5) is 0 Å². The van der Waals surface area contributed by atoms with Gasteiger partial charge in [-0.15, -0.1) is 4.40 Å². The van der Waals surface area contributed by atoms with Gasteiger partial charge >= 0.3 is 0 Å². The lowest BCUT2D eigenvalue weighted by Gasteiger charge is -2.32. The number of benzene rings is 1. The zero-order valence-corrected chi connectivity index (χ0v) is 16.1. The van der Waals surface area contributed by atoms with Crippen molar-refractivity contribution in [1.82, 2.24) is 15.1 Å². The Labute approximate surface area is 155 Å². The van der Waals surface area contributed by atoms with Gasteiger partial charge in [0.15, 0.2) is 0 Å². The molecule has 0 radical (unpaired) electrons. The third-order valence-electron chi connectivity index (χ3n) is 5.04. The fraction of sp³-hybridized carbons (Fsp3) is 0.556. The molecule has 1 amide bonds. The van der Waals surface area contributed by atoms with Gasteiger partial charge in [-0.2, -0.15) is 8.42 Å². The number of piperidine rings is 1. The van der Waals surface area contributed by atoms with Crippen LogP contribution in [-0.4, -0.2) is 69.7 Å². The van der Waals surface area contributed by atoms with Crippen LogP contribution in [0.3, 0.4) is 0 Å². The van der Waals surface area contributed by atoms with Crippen LogP contribution in [0.2, 0.25) is 0 Å². The molecule has 1 aromatic carbocycles. The van der Waals surface area contributed by atoms with E-state index in [2.05, 4.69) is 9.71 Å². The van der Waals surface area contributed by atoms with Gasteiger partial charge in [-0.1, -0.05) is 12.1 Å². The van der Waals surface area contributed by atoms with Gasteiger partial charge in [0.05, 0.1) is 0 Å². The summed E-state index contributed by atoms with van der Waals surface area (Å²) in [5.41, 5.74) is 0.634. The Bertz CT molecular complexity index is 806. The first-order valence-electron chi connectivity index (χ1n) is 9.03. The van der Waals surface area contributed by atoms with E-state index in [1.807, 2.05) is 23.9 Å². The number of likely N-dealkylation sites (N-methyl/N-ethyl adjacent to an activating group) is 1. The predicted octanol–water partition coefficient (Wildman–Crippen LogP) is 1.06. The molecule has 142 valence electrons. The van der Waals surface area contributed by atoms with Crippen LogP contribution >= 0.6 is 0 Å². The first-order valence-corrected chi connectivity index (χ1v) is 10.5. The molecule has 2 aliphatic rings. The number of carbonyl (C=O) groups is 1. The third-order valence-corrected chi connectivity index (χ3v) is 6.37. The highest BCUT2D eigenvalue weighted by Gasteiger charge is 2.30. The van der Waals surface area contributed by atoms with Crippen molar-refractivity contribution in [2.75, 3.05) is 33.7 Å². The van der Waals surface area contributed by atoms with Gasteiger partial charge < -0.3 is 15.1 Å². The minimum atomic E-state index is -3.60. The predicted molar refractivity (Wildman–Crippen MR) is 101 cm³/mol. The number of nitrogens with zero attached hydrogens (tertiary/aromatic N) is 3. The van der Waals surface area contributed by atoms with Crippen LogP contribution in [-0.2, 0) is 14.8 Å². The van der Waals surface area contributed by atoms with E-state index < -0.39 is 10.0 Å². The van der Waals surface area contributed by atoms with Gasteiger partial charge in [0, 0.05) is 44.7 Å². The fourth-order valence-corrected chi connectivity index (χ4v) is 4.79. The van der Waals surface area contributed by atoms with Gasteiger partial charge in [0.25, 0.3) is 10.0 Å². The average Bonchev–Trinajstić information content (AvgIpc) is 2.93. The zero-order valence-electron chi connectivity index (χ0n) is 15.3. The van der Waals surface area contributed by atoms with Crippen molar-refractivity contribution in [3.63, 3.8) is 0 Å². The van der Waals surface area contributed by atoms with E-state index >= 15 is 0 Å². The summed E-state index contributed by atoms with van der Waals surface area (Å²) in [6.45, 7) is 2.17. The number of carbonyl (C=O) groups excluding carboxylic acids is 1. The van der Waals surface area contributed by atoms with Crippen molar-refractivity contribution < 1.29 is 13.2 Å². The maximum Gasteiger partial charge on any atom is 0.285 e. The van der Waals surface area contributed by atoms with E-state index in [0.717, 1.165) is 25.9 Å². The molecule has 0 spiro atoms. The molecule has 1 saturated heterocycles. The highest BCUT2D eigenvalue weighted by atomic mass is 32.2. The Balaban J connectivity index is 1.55. The molecule has 0 aliphatic carbocycles. The molecule has 8 heteroatoms. The van der Waals surface area contributed by atoms with Gasteiger partial charge in [-0.3, -0.25) is 4.79 Å². The minimum Gasteiger partial charge on any atom is -0.358 e. The number of likely N-dealkylation sites (tertiary alicyclic amines) is 1. The Morgan fingerprint density at radius 2 is 2.15 bits per heavy atom. The molecule has 1 fully saturated rings. The van der Waals surface area contributed by atoms with Crippen molar-refractivity contribution in [3.05, 3.63) is 29.8 Å². The number of rotatable bonds is 5. The molecule has 2 heterocycles. The Hall–Kier alpha value is -1.93. The van der Waals surface area contributed by atoms with Crippen LogP contribution in [0, 0.1) is 0 Å². The van der Waals surface area contributed by atoms with E-state index in [1.54, 1.807) is 24.3 Å². The lowest BCUT2D eigenvalue weighted by molar-refractivity contribution is -0.132.